The van der Waals surface area contributed by atoms with Crippen LogP contribution in [0.5, 0.6) is 0 Å². The number of nitrogens with zero attached hydrogens (tertiary/aromatic N) is 2. The summed E-state index contributed by atoms with van der Waals surface area (Å²) in [6.45, 7) is 3.26. The van der Waals surface area contributed by atoms with Crippen LogP contribution in [-0.4, -0.2) is 40.9 Å². The molecule has 0 saturated heterocycles. The van der Waals surface area contributed by atoms with Gasteiger partial charge in [-0.1, -0.05) is 45.1 Å². The summed E-state index contributed by atoms with van der Waals surface area (Å²) in [4.78, 5) is 40.1. The van der Waals surface area contributed by atoms with Gasteiger partial charge in [0.2, 0.25) is 12.2 Å². The van der Waals surface area contributed by atoms with E-state index in [1.54, 1.807) is 12.2 Å². The molecule has 0 radical (unpaired) electrons. The summed E-state index contributed by atoms with van der Waals surface area (Å²) < 4.78 is 4.43. The highest BCUT2D eigenvalue weighted by Crippen LogP contribution is 2.44. The molecule has 28 heavy (non-hydrogen) atoms. The third-order valence-corrected chi connectivity index (χ3v) is 5.39. The lowest BCUT2D eigenvalue weighted by Crippen LogP contribution is -2.41. The van der Waals surface area contributed by atoms with E-state index in [1.807, 2.05) is 0 Å². The zero-order valence-electron chi connectivity index (χ0n) is 16.4. The number of ether oxygens (including phenoxy) is 1. The first-order valence-corrected chi connectivity index (χ1v) is 9.82. The van der Waals surface area contributed by atoms with Crippen molar-refractivity contribution in [2.24, 2.45) is 9.98 Å². The number of carbonyl (C=O) groups is 1. The van der Waals surface area contributed by atoms with E-state index in [9.17, 15) is 14.4 Å². The normalized spacial score (nSPS) is 19.9. The molecule has 154 valence electrons. The fraction of sp³-hybridized carbons (Fsp3) is 0.667. The molecule has 0 atom stereocenters. The number of aliphatic hydroxyl groups is 1. The standard InChI is InChI=1S/C15H22N2O2.C6H8O3/c18-12-16-14(7-3-1-4-8-14)11-15(17-13-19)9-5-2-6-10-15;1-2-6(8)9-5-3-4-7/h1-11H2;2-4,7H,1,5H2. The molecule has 7 nitrogen and oxygen atoms in total. The van der Waals surface area contributed by atoms with Gasteiger partial charge in [-0.3, -0.25) is 0 Å². The Hall–Kier alpha value is -2.49. The minimum atomic E-state index is -0.492. The van der Waals surface area contributed by atoms with E-state index in [1.165, 1.54) is 18.9 Å². The van der Waals surface area contributed by atoms with Crippen LogP contribution < -0.4 is 0 Å². The molecular formula is C21H30N2O5. The summed E-state index contributed by atoms with van der Waals surface area (Å²) in [5, 5.41) is 8.05. The molecule has 0 aliphatic heterocycles. The maximum absolute atomic E-state index is 10.8. The van der Waals surface area contributed by atoms with Gasteiger partial charge in [-0.05, 0) is 38.2 Å². The highest BCUT2D eigenvalue weighted by atomic mass is 16.5. The molecule has 2 rings (SSSR count). The fourth-order valence-corrected chi connectivity index (χ4v) is 4.11. The highest BCUT2D eigenvalue weighted by Gasteiger charge is 2.43. The molecule has 2 saturated carbocycles. The molecule has 0 unspecified atom stereocenters. The number of hydrogen-bond donors (Lipinski definition) is 1. The zero-order chi connectivity index (χ0) is 20.7. The van der Waals surface area contributed by atoms with Crippen molar-refractivity contribution in [3.8, 4) is 0 Å². The van der Waals surface area contributed by atoms with E-state index in [4.69, 9.17) is 5.11 Å². The molecule has 2 aliphatic rings. The van der Waals surface area contributed by atoms with Crippen LogP contribution in [0.15, 0.2) is 35.0 Å². The Kier molecular flexibility index (Phi) is 10.8. The van der Waals surface area contributed by atoms with Gasteiger partial charge < -0.3 is 9.84 Å². The van der Waals surface area contributed by atoms with Gasteiger partial charge in [0.25, 0.3) is 0 Å². The second-order valence-electron chi connectivity index (χ2n) is 7.37. The van der Waals surface area contributed by atoms with Crippen LogP contribution in [0.3, 0.4) is 0 Å². The van der Waals surface area contributed by atoms with E-state index in [0.717, 1.165) is 70.1 Å². The molecule has 0 amide bonds. The third-order valence-electron chi connectivity index (χ3n) is 5.39. The van der Waals surface area contributed by atoms with E-state index >= 15 is 0 Å². The van der Waals surface area contributed by atoms with Gasteiger partial charge in [0, 0.05) is 6.08 Å². The average molecular weight is 390 g/mol. The third kappa shape index (κ3) is 8.03. The summed E-state index contributed by atoms with van der Waals surface area (Å²) in [7, 11) is 0. The summed E-state index contributed by atoms with van der Waals surface area (Å²) in [5.74, 6) is -0.492. The molecule has 0 aromatic carbocycles. The molecular weight excluding hydrogens is 360 g/mol. The van der Waals surface area contributed by atoms with Crippen molar-refractivity contribution in [2.75, 3.05) is 6.61 Å². The first-order valence-electron chi connectivity index (χ1n) is 9.82. The number of esters is 1. The number of carbonyl (C=O) groups excluding carboxylic acids is 3. The van der Waals surface area contributed by atoms with Crippen LogP contribution in [0.1, 0.15) is 70.6 Å². The Morgan fingerprint density at radius 3 is 1.79 bits per heavy atom. The van der Waals surface area contributed by atoms with Gasteiger partial charge in [0.15, 0.2) is 0 Å². The van der Waals surface area contributed by atoms with Crippen LogP contribution in [0.25, 0.3) is 0 Å². The van der Waals surface area contributed by atoms with Crippen LogP contribution >= 0.6 is 0 Å². The predicted molar refractivity (Wildman–Crippen MR) is 105 cm³/mol. The molecule has 0 spiro atoms. The molecule has 7 heteroatoms. The lowest BCUT2D eigenvalue weighted by molar-refractivity contribution is -0.136. The maximum atomic E-state index is 10.8. The van der Waals surface area contributed by atoms with Gasteiger partial charge in [-0.15, -0.1) is 0 Å². The Morgan fingerprint density at radius 2 is 1.43 bits per heavy atom. The van der Waals surface area contributed by atoms with Crippen LogP contribution in [0.2, 0.25) is 0 Å². The first-order chi connectivity index (χ1) is 13.6. The molecule has 2 fully saturated rings. The maximum Gasteiger partial charge on any atom is 0.330 e. The Morgan fingerprint density at radius 1 is 0.964 bits per heavy atom. The smallest absolute Gasteiger partial charge is 0.330 e. The van der Waals surface area contributed by atoms with Crippen molar-refractivity contribution in [3.63, 3.8) is 0 Å². The molecule has 0 aromatic heterocycles. The second-order valence-corrected chi connectivity index (χ2v) is 7.37. The van der Waals surface area contributed by atoms with E-state index in [2.05, 4.69) is 21.3 Å². The largest absolute Gasteiger partial charge is 0.516 e. The summed E-state index contributed by atoms with van der Waals surface area (Å²) in [6.07, 6.45) is 18.0. The van der Waals surface area contributed by atoms with Crippen LogP contribution in [-0.2, 0) is 19.1 Å². The van der Waals surface area contributed by atoms with Gasteiger partial charge in [0.05, 0.1) is 17.3 Å². The van der Waals surface area contributed by atoms with Gasteiger partial charge in [-0.25, -0.2) is 14.4 Å². The quantitative estimate of drug-likeness (QED) is 0.230. The highest BCUT2D eigenvalue weighted by molar-refractivity contribution is 5.81. The van der Waals surface area contributed by atoms with E-state index < -0.39 is 5.97 Å². The van der Waals surface area contributed by atoms with Crippen molar-refractivity contribution in [3.05, 3.63) is 25.0 Å². The fourth-order valence-electron chi connectivity index (χ4n) is 4.11. The van der Waals surface area contributed by atoms with Crippen molar-refractivity contribution >= 4 is 18.1 Å². The molecule has 0 heterocycles. The van der Waals surface area contributed by atoms with Crippen LogP contribution in [0.4, 0.5) is 0 Å². The Bertz CT molecular complexity index is 581. The number of rotatable bonds is 7. The Balaban J connectivity index is 0.000000370. The van der Waals surface area contributed by atoms with Crippen LogP contribution in [0, 0.1) is 0 Å². The topological polar surface area (TPSA) is 105 Å². The van der Waals surface area contributed by atoms with Crippen molar-refractivity contribution in [2.45, 2.75) is 81.7 Å². The Labute approximate surface area is 166 Å². The van der Waals surface area contributed by atoms with Gasteiger partial charge in [-0.2, -0.15) is 9.98 Å². The SMILES string of the molecule is C=CC(=O)OCC=CO.O=C=NC1(CC2(N=C=O)CCCCC2)CCCCC1. The minimum absolute atomic E-state index is 0.0847. The van der Waals surface area contributed by atoms with Crippen molar-refractivity contribution in [1.29, 1.82) is 0 Å². The predicted octanol–water partition coefficient (Wildman–Crippen LogP) is 4.24. The molecule has 1 N–H and O–H groups in total. The van der Waals surface area contributed by atoms with E-state index in [0.29, 0.717) is 0 Å². The number of isocyanates is 2. The minimum Gasteiger partial charge on any atom is -0.516 e. The monoisotopic (exact) mass is 390 g/mol. The number of hydrogen-bond acceptors (Lipinski definition) is 7. The molecule has 0 aromatic rings. The summed E-state index contributed by atoms with van der Waals surface area (Å²) in [5.41, 5.74) is -0.643. The lowest BCUT2D eigenvalue weighted by atomic mass is 9.69. The number of aliphatic hydroxyl groups excluding tert-OH is 1. The first kappa shape index (κ1) is 23.5. The lowest BCUT2D eigenvalue weighted by Gasteiger charge is -2.41. The van der Waals surface area contributed by atoms with Crippen molar-refractivity contribution in [1.82, 2.24) is 0 Å². The van der Waals surface area contributed by atoms with Crippen molar-refractivity contribution < 1.29 is 24.2 Å². The molecule has 0 bridgehead atoms. The number of aliphatic imine (C=N–C) groups is 2. The zero-order valence-corrected chi connectivity index (χ0v) is 16.4. The average Bonchev–Trinajstić information content (AvgIpc) is 2.70. The van der Waals surface area contributed by atoms with Gasteiger partial charge >= 0.3 is 5.97 Å². The van der Waals surface area contributed by atoms with Gasteiger partial charge in [0.1, 0.15) is 6.61 Å². The second kappa shape index (κ2) is 12.8. The molecule has 2 aliphatic carbocycles. The summed E-state index contributed by atoms with van der Waals surface area (Å²) in [6, 6.07) is 0. The van der Waals surface area contributed by atoms with E-state index in [-0.39, 0.29) is 17.7 Å². The summed E-state index contributed by atoms with van der Waals surface area (Å²) >= 11 is 0.